The van der Waals surface area contributed by atoms with Crippen LogP contribution in [0.25, 0.3) is 0 Å². The predicted octanol–water partition coefficient (Wildman–Crippen LogP) is 5.98. The lowest BCUT2D eigenvalue weighted by Gasteiger charge is -2.47. The van der Waals surface area contributed by atoms with Crippen molar-refractivity contribution in [3.8, 4) is 0 Å². The Kier molecular flexibility index (Phi) is 18.8. The lowest BCUT2D eigenvalue weighted by Crippen LogP contribution is -2.47. The number of likely N-dealkylation sites (tertiary alicyclic amines) is 4. The first kappa shape index (κ1) is 43.1. The van der Waals surface area contributed by atoms with E-state index in [1.807, 2.05) is 0 Å². The van der Waals surface area contributed by atoms with Crippen LogP contribution in [0.5, 0.6) is 0 Å². The summed E-state index contributed by atoms with van der Waals surface area (Å²) in [7, 11) is 4.45. The minimum atomic E-state index is -0.0324. The van der Waals surface area contributed by atoms with Crippen molar-refractivity contribution in [1.29, 1.82) is 0 Å². The number of piperidine rings is 4. The zero-order valence-corrected chi connectivity index (χ0v) is 34.4. The van der Waals surface area contributed by atoms with Crippen LogP contribution in [0, 0.1) is 10.8 Å². The predicted molar refractivity (Wildman–Crippen MR) is 210 cm³/mol. The highest BCUT2D eigenvalue weighted by Crippen LogP contribution is 2.42. The largest absolute Gasteiger partial charge is 0.393 e. The van der Waals surface area contributed by atoms with Gasteiger partial charge in [-0.3, -0.25) is 4.90 Å². The van der Waals surface area contributed by atoms with Gasteiger partial charge in [0.05, 0.1) is 6.10 Å². The Balaban J connectivity index is 0.000000180. The van der Waals surface area contributed by atoms with Crippen LogP contribution in [0.4, 0.5) is 0 Å². The lowest BCUT2D eigenvalue weighted by atomic mass is 9.71. The van der Waals surface area contributed by atoms with Crippen molar-refractivity contribution in [3.63, 3.8) is 0 Å². The van der Waals surface area contributed by atoms with Gasteiger partial charge in [0.25, 0.3) is 0 Å². The summed E-state index contributed by atoms with van der Waals surface area (Å²) in [4.78, 5) is 15.1. The average molecular weight is 693 g/mol. The smallest absolute Gasteiger partial charge is 0.0564 e. The van der Waals surface area contributed by atoms with E-state index in [0.29, 0.717) is 11.5 Å². The second kappa shape index (κ2) is 21.4. The van der Waals surface area contributed by atoms with Gasteiger partial charge >= 0.3 is 0 Å². The molecule has 6 aliphatic rings. The summed E-state index contributed by atoms with van der Waals surface area (Å²) in [5, 5.41) is 9.18. The van der Waals surface area contributed by atoms with Crippen LogP contribution in [0.1, 0.15) is 120 Å². The topological polar surface area (TPSA) is 48.9 Å². The standard InChI is InChI=1S/C13H26N2.C12H23NO.C8H18N2.C8H17NO/c1-12(2)15-10-6-13(7-11-15)4-8-14(3)9-5-13;1-11(2)13-7-3-12(4-8-13)5-9-14-10-6-12;1-8(2)10-6-4-9(3)5-7-10;1-7(2)9-5-3-8(10)4-6-9/h12H,4-11H2,1-3H3;11H,3-10H2,1-2H3;8H,4-7H2,1-3H3;7-8,10H,3-6H2,1-2H3. The Bertz CT molecular complexity index is 808. The summed E-state index contributed by atoms with van der Waals surface area (Å²) in [5.41, 5.74) is 1.38. The normalized spacial score (nSPS) is 26.8. The van der Waals surface area contributed by atoms with E-state index < -0.39 is 0 Å². The third kappa shape index (κ3) is 14.9. The van der Waals surface area contributed by atoms with Gasteiger partial charge in [0.2, 0.25) is 0 Å². The van der Waals surface area contributed by atoms with Gasteiger partial charge in [0.1, 0.15) is 0 Å². The van der Waals surface area contributed by atoms with Crippen LogP contribution >= 0.6 is 0 Å². The second-order valence-corrected chi connectivity index (χ2v) is 18.0. The number of aliphatic hydroxyl groups is 1. The number of likely N-dealkylation sites (N-methyl/N-ethyl adjacent to an activating group) is 1. The molecule has 0 saturated carbocycles. The Morgan fingerprint density at radius 3 is 1.12 bits per heavy atom. The second-order valence-electron chi connectivity index (χ2n) is 18.0. The van der Waals surface area contributed by atoms with Crippen LogP contribution in [-0.4, -0.2) is 171 Å². The quantitative estimate of drug-likeness (QED) is 0.386. The summed E-state index contributed by atoms with van der Waals surface area (Å²) in [6.45, 7) is 35.2. The Labute approximate surface area is 305 Å². The van der Waals surface area contributed by atoms with E-state index in [9.17, 15) is 5.11 Å². The highest BCUT2D eigenvalue weighted by molar-refractivity contribution is 4.91. The van der Waals surface area contributed by atoms with Gasteiger partial charge in [-0.05, 0) is 184 Å². The fourth-order valence-electron chi connectivity index (χ4n) is 8.67. The molecule has 6 heterocycles. The van der Waals surface area contributed by atoms with Crippen molar-refractivity contribution in [2.24, 2.45) is 10.8 Å². The molecular formula is C41H84N6O2. The first-order valence-corrected chi connectivity index (χ1v) is 20.8. The minimum absolute atomic E-state index is 0.0324. The maximum absolute atomic E-state index is 9.18. The number of aliphatic hydroxyl groups excluding tert-OH is 1. The molecule has 6 rings (SSSR count). The zero-order valence-electron chi connectivity index (χ0n) is 34.4. The summed E-state index contributed by atoms with van der Waals surface area (Å²) in [5.74, 6) is 0. The van der Waals surface area contributed by atoms with Crippen molar-refractivity contribution in [2.75, 3.05) is 106 Å². The first-order valence-electron chi connectivity index (χ1n) is 20.8. The lowest BCUT2D eigenvalue weighted by molar-refractivity contribution is -0.0251. The third-order valence-corrected chi connectivity index (χ3v) is 13.3. The summed E-state index contributed by atoms with van der Waals surface area (Å²) in [6.07, 6.45) is 13.1. The number of nitrogens with zero attached hydrogens (tertiary/aromatic N) is 6. The number of rotatable bonds is 4. The molecule has 6 fully saturated rings. The van der Waals surface area contributed by atoms with E-state index >= 15 is 0 Å². The SMILES string of the molecule is CC(C)N1CCC(O)CC1.CC(C)N1CCC2(CCN(C)CC2)CC1.CC(C)N1CCC2(CCOCC2)CC1.CC(C)N1CCN(C)CC1. The molecule has 0 aromatic carbocycles. The molecule has 1 N–H and O–H groups in total. The molecule has 0 radical (unpaired) electrons. The van der Waals surface area contributed by atoms with Gasteiger partial charge in [-0.2, -0.15) is 0 Å². The summed E-state index contributed by atoms with van der Waals surface area (Å²) in [6, 6.07) is 2.85. The van der Waals surface area contributed by atoms with Crippen LogP contribution in [0.2, 0.25) is 0 Å². The van der Waals surface area contributed by atoms with Gasteiger partial charge in [-0.15, -0.1) is 0 Å². The fraction of sp³-hybridized carbons (Fsp3) is 1.00. The maximum atomic E-state index is 9.18. The van der Waals surface area contributed by atoms with E-state index in [1.54, 1.807) is 0 Å². The molecule has 0 bridgehead atoms. The zero-order chi connectivity index (χ0) is 36.0. The Morgan fingerprint density at radius 1 is 0.429 bits per heavy atom. The number of ether oxygens (including phenoxy) is 1. The average Bonchev–Trinajstić information content (AvgIpc) is 3.08. The molecular weight excluding hydrogens is 608 g/mol. The van der Waals surface area contributed by atoms with E-state index in [1.165, 1.54) is 117 Å². The molecule has 6 saturated heterocycles. The fourth-order valence-corrected chi connectivity index (χ4v) is 8.67. The number of hydrogen-bond donors (Lipinski definition) is 1. The van der Waals surface area contributed by atoms with Crippen LogP contribution < -0.4 is 0 Å². The Morgan fingerprint density at radius 2 is 0.735 bits per heavy atom. The molecule has 8 nitrogen and oxygen atoms in total. The van der Waals surface area contributed by atoms with E-state index in [2.05, 4.69) is 98.9 Å². The van der Waals surface area contributed by atoms with E-state index in [4.69, 9.17) is 4.74 Å². The number of piperazine rings is 1. The van der Waals surface area contributed by atoms with Gasteiger partial charge < -0.3 is 34.3 Å². The summed E-state index contributed by atoms with van der Waals surface area (Å²) >= 11 is 0. The van der Waals surface area contributed by atoms with Crippen molar-refractivity contribution < 1.29 is 9.84 Å². The third-order valence-electron chi connectivity index (χ3n) is 13.3. The van der Waals surface area contributed by atoms with Crippen LogP contribution in [0.3, 0.4) is 0 Å². The minimum Gasteiger partial charge on any atom is -0.393 e. The molecule has 6 aliphatic heterocycles. The van der Waals surface area contributed by atoms with Crippen molar-refractivity contribution in [3.05, 3.63) is 0 Å². The van der Waals surface area contributed by atoms with E-state index in [-0.39, 0.29) is 6.10 Å². The highest BCUT2D eigenvalue weighted by atomic mass is 16.5. The van der Waals surface area contributed by atoms with Gasteiger partial charge in [-0.1, -0.05) is 0 Å². The van der Waals surface area contributed by atoms with E-state index in [0.717, 1.165) is 62.7 Å². The molecule has 0 atom stereocenters. The molecule has 2 spiro atoms. The molecule has 0 aromatic rings. The van der Waals surface area contributed by atoms with Gasteiger partial charge in [0, 0.05) is 76.6 Å². The van der Waals surface area contributed by atoms with Crippen molar-refractivity contribution in [2.45, 2.75) is 150 Å². The molecule has 0 aliphatic carbocycles. The van der Waals surface area contributed by atoms with Crippen molar-refractivity contribution >= 4 is 0 Å². The Hall–Kier alpha value is -0.320. The van der Waals surface area contributed by atoms with Gasteiger partial charge in [0.15, 0.2) is 0 Å². The molecule has 0 unspecified atom stereocenters. The van der Waals surface area contributed by atoms with Gasteiger partial charge in [-0.25, -0.2) is 0 Å². The van der Waals surface area contributed by atoms with Crippen molar-refractivity contribution in [1.82, 2.24) is 29.4 Å². The molecule has 0 amide bonds. The molecule has 0 aromatic heterocycles. The first-order chi connectivity index (χ1) is 23.2. The molecule has 8 heteroatoms. The van der Waals surface area contributed by atoms with Crippen LogP contribution in [0.15, 0.2) is 0 Å². The molecule has 290 valence electrons. The molecule has 49 heavy (non-hydrogen) atoms. The number of hydrogen-bond acceptors (Lipinski definition) is 8. The highest BCUT2D eigenvalue weighted by Gasteiger charge is 2.38. The maximum Gasteiger partial charge on any atom is 0.0564 e. The van der Waals surface area contributed by atoms with Crippen LogP contribution in [-0.2, 0) is 4.74 Å². The summed E-state index contributed by atoms with van der Waals surface area (Å²) < 4.78 is 5.46. The monoisotopic (exact) mass is 693 g/mol.